The number of carbonyl (C=O) groups excluding carboxylic acids is 1. The molecule has 1 aliphatic heterocycles. The average Bonchev–Trinajstić information content (AvgIpc) is 2.47. The molecule has 0 aliphatic carbocycles. The summed E-state index contributed by atoms with van der Waals surface area (Å²) in [5.41, 5.74) is 1.41. The van der Waals surface area contributed by atoms with E-state index in [1.54, 1.807) is 23.4 Å². The van der Waals surface area contributed by atoms with E-state index in [0.29, 0.717) is 18.7 Å². The summed E-state index contributed by atoms with van der Waals surface area (Å²) in [5, 5.41) is 13.2. The predicted octanol–water partition coefficient (Wildman–Crippen LogP) is 1.75. The van der Waals surface area contributed by atoms with Crippen molar-refractivity contribution in [2.24, 2.45) is 5.92 Å². The Morgan fingerprint density at radius 2 is 2.40 bits per heavy atom. The van der Waals surface area contributed by atoms with Gasteiger partial charge in [0.15, 0.2) is 0 Å². The lowest BCUT2D eigenvalue weighted by Crippen LogP contribution is -2.46. The molecule has 1 amide bonds. The van der Waals surface area contributed by atoms with Crippen molar-refractivity contribution in [3.05, 3.63) is 24.0 Å². The van der Waals surface area contributed by atoms with Gasteiger partial charge in [0.2, 0.25) is 0 Å². The molecule has 0 aromatic carbocycles. The van der Waals surface area contributed by atoms with Crippen LogP contribution in [-0.2, 0) is 0 Å². The number of pyridine rings is 1. The summed E-state index contributed by atoms with van der Waals surface area (Å²) in [7, 11) is 0. The largest absolute Gasteiger partial charge is 0.391 e. The van der Waals surface area contributed by atoms with Crippen LogP contribution in [0, 0.1) is 5.92 Å². The number of aliphatic hydroxyl groups is 1. The number of rotatable bonds is 4. The molecule has 1 aromatic rings. The summed E-state index contributed by atoms with van der Waals surface area (Å²) in [6, 6.07) is 1.74. The van der Waals surface area contributed by atoms with E-state index in [2.05, 4.69) is 17.2 Å². The summed E-state index contributed by atoms with van der Waals surface area (Å²) in [5.74, 6) is 0.228. The summed E-state index contributed by atoms with van der Waals surface area (Å²) >= 11 is 0. The van der Waals surface area contributed by atoms with Crippen LogP contribution < -0.4 is 5.32 Å². The number of nitrogens with one attached hydrogen (secondary N) is 1. The highest BCUT2D eigenvalue weighted by molar-refractivity contribution is 5.99. The molecule has 1 aliphatic rings. The Kier molecular flexibility index (Phi) is 4.95. The molecule has 2 rings (SSSR count). The van der Waals surface area contributed by atoms with Gasteiger partial charge in [-0.2, -0.15) is 0 Å². The number of amides is 1. The van der Waals surface area contributed by atoms with Crippen LogP contribution in [0.5, 0.6) is 0 Å². The van der Waals surface area contributed by atoms with Crippen LogP contribution in [0.4, 0.5) is 5.69 Å². The number of likely N-dealkylation sites (tertiary alicyclic amines) is 1. The second-order valence-corrected chi connectivity index (χ2v) is 5.43. The zero-order valence-electron chi connectivity index (χ0n) is 12.2. The van der Waals surface area contributed by atoms with E-state index in [1.807, 2.05) is 6.92 Å². The van der Waals surface area contributed by atoms with Crippen LogP contribution in [-0.4, -0.2) is 46.6 Å². The summed E-state index contributed by atoms with van der Waals surface area (Å²) < 4.78 is 0. The summed E-state index contributed by atoms with van der Waals surface area (Å²) in [6.45, 7) is 6.02. The third kappa shape index (κ3) is 3.28. The van der Waals surface area contributed by atoms with Crippen LogP contribution in [0.1, 0.15) is 37.0 Å². The van der Waals surface area contributed by atoms with E-state index < -0.39 is 6.10 Å². The molecule has 1 aromatic heterocycles. The van der Waals surface area contributed by atoms with Crippen molar-refractivity contribution in [1.29, 1.82) is 0 Å². The fourth-order valence-electron chi connectivity index (χ4n) is 2.39. The third-order valence-electron chi connectivity index (χ3n) is 3.82. The van der Waals surface area contributed by atoms with Gasteiger partial charge in [-0.05, 0) is 24.8 Å². The molecule has 5 heteroatoms. The van der Waals surface area contributed by atoms with Crippen molar-refractivity contribution in [2.45, 2.75) is 32.8 Å². The Hall–Kier alpha value is -1.62. The monoisotopic (exact) mass is 277 g/mol. The van der Waals surface area contributed by atoms with Crippen LogP contribution in [0.25, 0.3) is 0 Å². The number of β-amino-alcohol motifs (C(OH)–C–C–N with tert-alkyl or cyclic N) is 1. The summed E-state index contributed by atoms with van der Waals surface area (Å²) in [6.07, 6.45) is 4.72. The van der Waals surface area contributed by atoms with E-state index in [1.165, 1.54) is 0 Å². The van der Waals surface area contributed by atoms with Crippen LogP contribution in [0.15, 0.2) is 18.5 Å². The van der Waals surface area contributed by atoms with Gasteiger partial charge >= 0.3 is 0 Å². The van der Waals surface area contributed by atoms with E-state index >= 15 is 0 Å². The van der Waals surface area contributed by atoms with E-state index in [0.717, 1.165) is 25.1 Å². The van der Waals surface area contributed by atoms with Gasteiger partial charge in [-0.3, -0.25) is 9.78 Å². The standard InChI is InChI=1S/C15H23N3O2/c1-3-6-17-13-9-16-7-4-12(13)15(20)18-8-5-11(2)14(19)10-18/h4,7,9,11,14,17,19H,3,5-6,8,10H2,1-2H3. The number of aromatic nitrogens is 1. The first kappa shape index (κ1) is 14.8. The number of carbonyl (C=O) groups is 1. The second kappa shape index (κ2) is 6.70. The van der Waals surface area contributed by atoms with Crippen LogP contribution in [0.3, 0.4) is 0 Å². The molecule has 110 valence electrons. The van der Waals surface area contributed by atoms with Gasteiger partial charge in [-0.1, -0.05) is 13.8 Å². The summed E-state index contributed by atoms with van der Waals surface area (Å²) in [4.78, 5) is 18.4. The number of hydrogen-bond acceptors (Lipinski definition) is 4. The van der Waals surface area contributed by atoms with Crippen molar-refractivity contribution in [3.63, 3.8) is 0 Å². The smallest absolute Gasteiger partial charge is 0.256 e. The molecule has 2 heterocycles. The van der Waals surface area contributed by atoms with E-state index in [9.17, 15) is 9.90 Å². The van der Waals surface area contributed by atoms with Crippen molar-refractivity contribution >= 4 is 11.6 Å². The van der Waals surface area contributed by atoms with Gasteiger partial charge in [0.05, 0.1) is 23.6 Å². The fourth-order valence-corrected chi connectivity index (χ4v) is 2.39. The molecule has 1 fully saturated rings. The van der Waals surface area contributed by atoms with Crippen molar-refractivity contribution < 1.29 is 9.90 Å². The molecule has 2 unspecified atom stereocenters. The second-order valence-electron chi connectivity index (χ2n) is 5.43. The Balaban J connectivity index is 2.12. The first-order valence-electron chi connectivity index (χ1n) is 7.28. The number of hydrogen-bond donors (Lipinski definition) is 2. The normalized spacial score (nSPS) is 22.6. The van der Waals surface area contributed by atoms with Gasteiger partial charge in [-0.25, -0.2) is 0 Å². The molecule has 20 heavy (non-hydrogen) atoms. The first-order valence-corrected chi connectivity index (χ1v) is 7.28. The first-order chi connectivity index (χ1) is 9.63. The molecular formula is C15H23N3O2. The fraction of sp³-hybridized carbons (Fsp3) is 0.600. The molecule has 0 radical (unpaired) electrons. The van der Waals surface area contributed by atoms with Crippen LogP contribution in [0.2, 0.25) is 0 Å². The average molecular weight is 277 g/mol. The van der Waals surface area contributed by atoms with E-state index in [4.69, 9.17) is 0 Å². The van der Waals surface area contributed by atoms with Gasteiger partial charge < -0.3 is 15.3 Å². The zero-order valence-corrected chi connectivity index (χ0v) is 12.2. The highest BCUT2D eigenvalue weighted by Gasteiger charge is 2.28. The van der Waals surface area contributed by atoms with Crippen molar-refractivity contribution in [1.82, 2.24) is 9.88 Å². The number of piperidine rings is 1. The molecule has 2 atom stereocenters. The lowest BCUT2D eigenvalue weighted by atomic mass is 9.95. The van der Waals surface area contributed by atoms with Gasteiger partial charge in [0.1, 0.15) is 0 Å². The minimum absolute atomic E-state index is 0.0306. The molecule has 1 saturated heterocycles. The lowest BCUT2D eigenvalue weighted by molar-refractivity contribution is 0.0249. The molecule has 0 saturated carbocycles. The highest BCUT2D eigenvalue weighted by atomic mass is 16.3. The highest BCUT2D eigenvalue weighted by Crippen LogP contribution is 2.21. The Morgan fingerprint density at radius 3 is 3.10 bits per heavy atom. The Bertz CT molecular complexity index is 464. The third-order valence-corrected chi connectivity index (χ3v) is 3.82. The molecule has 0 spiro atoms. The lowest BCUT2D eigenvalue weighted by Gasteiger charge is -2.34. The maximum atomic E-state index is 12.6. The maximum absolute atomic E-state index is 12.6. The number of aliphatic hydroxyl groups excluding tert-OH is 1. The quantitative estimate of drug-likeness (QED) is 0.880. The van der Waals surface area contributed by atoms with Crippen molar-refractivity contribution in [2.75, 3.05) is 25.0 Å². The molecule has 5 nitrogen and oxygen atoms in total. The molecule has 0 bridgehead atoms. The van der Waals surface area contributed by atoms with Crippen molar-refractivity contribution in [3.8, 4) is 0 Å². The van der Waals surface area contributed by atoms with Gasteiger partial charge in [0.25, 0.3) is 5.91 Å². The van der Waals surface area contributed by atoms with Gasteiger partial charge in [-0.15, -0.1) is 0 Å². The topological polar surface area (TPSA) is 65.5 Å². The van der Waals surface area contributed by atoms with E-state index in [-0.39, 0.29) is 11.8 Å². The molecule has 2 N–H and O–H groups in total. The molecular weight excluding hydrogens is 254 g/mol. The zero-order chi connectivity index (χ0) is 14.5. The minimum atomic E-state index is -0.429. The van der Waals surface area contributed by atoms with Crippen LogP contribution >= 0.6 is 0 Å². The SMILES string of the molecule is CCCNc1cnccc1C(=O)N1CCC(C)C(O)C1. The number of anilines is 1. The Morgan fingerprint density at radius 1 is 1.60 bits per heavy atom. The maximum Gasteiger partial charge on any atom is 0.256 e. The minimum Gasteiger partial charge on any atom is -0.391 e. The van der Waals surface area contributed by atoms with Gasteiger partial charge in [0, 0.05) is 25.8 Å². The Labute approximate surface area is 120 Å². The number of nitrogens with zero attached hydrogens (tertiary/aromatic N) is 2. The predicted molar refractivity (Wildman–Crippen MR) is 78.7 cm³/mol.